The van der Waals surface area contributed by atoms with E-state index in [0.29, 0.717) is 12.0 Å². The van der Waals surface area contributed by atoms with Crippen LogP contribution in [-0.4, -0.2) is 24.0 Å². The van der Waals surface area contributed by atoms with Gasteiger partial charge in [0.2, 0.25) is 0 Å². The van der Waals surface area contributed by atoms with Crippen LogP contribution in [0.4, 0.5) is 11.4 Å². The zero-order valence-electron chi connectivity index (χ0n) is 20.5. The third kappa shape index (κ3) is 2.92. The SMILES string of the molecule is C1=CC2C(N3CCCC4C=CC=CC43)=CC=c3ccc4c(N5CCCc6ccccc65)ccc=1c4c32. The molecule has 0 spiro atoms. The highest BCUT2D eigenvalue weighted by Gasteiger charge is 2.35. The van der Waals surface area contributed by atoms with Gasteiger partial charge in [-0.15, -0.1) is 5.73 Å². The van der Waals surface area contributed by atoms with Crippen molar-refractivity contribution in [3.63, 3.8) is 0 Å². The summed E-state index contributed by atoms with van der Waals surface area (Å²) in [6, 6.07) is 18.7. The molecule has 0 bridgehead atoms. The molecule has 0 saturated carbocycles. The number of hydrogen-bond donors (Lipinski definition) is 0. The third-order valence-electron chi connectivity index (χ3n) is 8.95. The number of hydrogen-bond acceptors (Lipinski definition) is 2. The lowest BCUT2D eigenvalue weighted by atomic mass is 9.79. The van der Waals surface area contributed by atoms with E-state index in [1.54, 1.807) is 0 Å². The van der Waals surface area contributed by atoms with Gasteiger partial charge in [-0.25, -0.2) is 0 Å². The summed E-state index contributed by atoms with van der Waals surface area (Å²) >= 11 is 0. The van der Waals surface area contributed by atoms with Crippen LogP contribution in [0.3, 0.4) is 0 Å². The molecule has 2 heterocycles. The Morgan fingerprint density at radius 3 is 2.78 bits per heavy atom. The zero-order chi connectivity index (χ0) is 23.6. The summed E-state index contributed by atoms with van der Waals surface area (Å²) in [4.78, 5) is 5.24. The summed E-state index contributed by atoms with van der Waals surface area (Å²) in [6.45, 7) is 2.20. The Kier molecular flexibility index (Phi) is 4.48. The minimum atomic E-state index is 0.267. The minimum Gasteiger partial charge on any atom is -0.367 e. The number of aryl methyl sites for hydroxylation is 1. The summed E-state index contributed by atoms with van der Waals surface area (Å²) in [5, 5.41) is 5.35. The molecule has 5 aliphatic rings. The molecule has 2 aliphatic heterocycles. The number of likely N-dealkylation sites (tertiary alicyclic amines) is 1. The summed E-state index contributed by atoms with van der Waals surface area (Å²) in [5.41, 5.74) is 10.8. The highest BCUT2D eigenvalue weighted by Crippen LogP contribution is 2.42. The monoisotopic (exact) mass is 466 g/mol. The normalized spacial score (nSPS) is 25.1. The average molecular weight is 467 g/mol. The van der Waals surface area contributed by atoms with Crippen molar-refractivity contribution in [1.29, 1.82) is 0 Å². The van der Waals surface area contributed by atoms with E-state index >= 15 is 0 Å². The Morgan fingerprint density at radius 1 is 0.833 bits per heavy atom. The molecule has 0 amide bonds. The van der Waals surface area contributed by atoms with E-state index in [0.717, 1.165) is 13.1 Å². The van der Waals surface area contributed by atoms with Gasteiger partial charge in [0.15, 0.2) is 0 Å². The molecule has 0 aromatic heterocycles. The molecule has 8 rings (SSSR count). The number of benzene rings is 3. The lowest BCUT2D eigenvalue weighted by molar-refractivity contribution is 0.181. The summed E-state index contributed by atoms with van der Waals surface area (Å²) in [6.07, 6.45) is 21.3. The zero-order valence-corrected chi connectivity index (χ0v) is 20.5. The van der Waals surface area contributed by atoms with Crippen molar-refractivity contribution < 1.29 is 0 Å². The molecule has 176 valence electrons. The number of rotatable bonds is 2. The maximum absolute atomic E-state index is 3.72. The number of piperidine rings is 1. The third-order valence-corrected chi connectivity index (χ3v) is 8.95. The molecule has 3 aromatic rings. The molecule has 3 aromatic carbocycles. The van der Waals surface area contributed by atoms with E-state index in [9.17, 15) is 0 Å². The maximum Gasteiger partial charge on any atom is 0.0536 e. The van der Waals surface area contributed by atoms with Gasteiger partial charge in [-0.1, -0.05) is 60.7 Å². The number of nitrogens with zero attached hydrogens (tertiary/aromatic N) is 2. The van der Waals surface area contributed by atoms with Gasteiger partial charge in [0.25, 0.3) is 0 Å². The van der Waals surface area contributed by atoms with Crippen molar-refractivity contribution in [2.75, 3.05) is 18.0 Å². The molecule has 3 atom stereocenters. The Labute approximate surface area is 212 Å². The molecule has 2 heteroatoms. The molecular formula is C34H30N2. The minimum absolute atomic E-state index is 0.267. The van der Waals surface area contributed by atoms with Gasteiger partial charge in [-0.05, 0) is 72.4 Å². The molecule has 0 radical (unpaired) electrons. The second-order valence-corrected chi connectivity index (χ2v) is 10.8. The van der Waals surface area contributed by atoms with Crippen molar-refractivity contribution in [1.82, 2.24) is 4.90 Å². The molecule has 3 unspecified atom stereocenters. The first-order valence-corrected chi connectivity index (χ1v) is 13.6. The van der Waals surface area contributed by atoms with Crippen LogP contribution in [0.2, 0.25) is 0 Å². The number of para-hydroxylation sites is 1. The van der Waals surface area contributed by atoms with Crippen LogP contribution in [0.5, 0.6) is 0 Å². The van der Waals surface area contributed by atoms with E-state index in [2.05, 4.69) is 107 Å². The van der Waals surface area contributed by atoms with Crippen LogP contribution in [0.25, 0.3) is 22.6 Å². The highest BCUT2D eigenvalue weighted by atomic mass is 15.2. The maximum atomic E-state index is 3.72. The Bertz CT molecular complexity index is 1660. The lowest BCUT2D eigenvalue weighted by Crippen LogP contribution is -2.45. The first-order valence-electron chi connectivity index (χ1n) is 13.6. The highest BCUT2D eigenvalue weighted by molar-refractivity contribution is 6.00. The number of allylic oxidation sites excluding steroid dienone is 4. The van der Waals surface area contributed by atoms with Crippen LogP contribution in [0, 0.1) is 5.92 Å². The van der Waals surface area contributed by atoms with Crippen LogP contribution in [0.15, 0.2) is 90.7 Å². The summed E-state index contributed by atoms with van der Waals surface area (Å²) in [7, 11) is 0. The fraction of sp³-hybridized carbons (Fsp3) is 0.265. The Balaban J connectivity index is 1.29. The summed E-state index contributed by atoms with van der Waals surface area (Å²) < 4.78 is 0. The first kappa shape index (κ1) is 20.5. The quantitative estimate of drug-likeness (QED) is 0.468. The van der Waals surface area contributed by atoms with E-state index in [-0.39, 0.29) is 5.92 Å². The van der Waals surface area contributed by atoms with Gasteiger partial charge in [0, 0.05) is 52.1 Å². The fourth-order valence-corrected chi connectivity index (χ4v) is 7.33. The molecule has 0 N–H and O–H groups in total. The first-order chi connectivity index (χ1) is 17.9. The van der Waals surface area contributed by atoms with E-state index in [1.807, 2.05) is 0 Å². The van der Waals surface area contributed by atoms with Crippen LogP contribution in [-0.2, 0) is 6.42 Å². The molecule has 3 aliphatic carbocycles. The largest absolute Gasteiger partial charge is 0.367 e. The summed E-state index contributed by atoms with van der Waals surface area (Å²) in [5.74, 6) is 0.889. The standard InChI is InChI=1S/C34H30N2/c1-3-11-29-23(7-1)9-5-21-35(29)31-19-15-25-14-18-28-32(20-16-26-13-17-27(31)33(25)34(26)28)36-22-6-10-24-8-2-4-12-30(24)36/h1-4,7-8,11-13,15-20,24,28,30H,5-6,9-10,21-22H2. The van der Waals surface area contributed by atoms with Crippen molar-refractivity contribution in [2.24, 2.45) is 5.92 Å². The van der Waals surface area contributed by atoms with Crippen LogP contribution < -0.4 is 15.3 Å². The molecular weight excluding hydrogens is 436 g/mol. The predicted molar refractivity (Wildman–Crippen MR) is 150 cm³/mol. The second kappa shape index (κ2) is 7.88. The van der Waals surface area contributed by atoms with Gasteiger partial charge < -0.3 is 9.80 Å². The molecule has 36 heavy (non-hydrogen) atoms. The Morgan fingerprint density at radius 2 is 1.78 bits per heavy atom. The van der Waals surface area contributed by atoms with Crippen molar-refractivity contribution >= 4 is 34.0 Å². The fourth-order valence-electron chi connectivity index (χ4n) is 7.33. The molecule has 1 fully saturated rings. The lowest BCUT2D eigenvalue weighted by Gasteiger charge is -2.45. The van der Waals surface area contributed by atoms with Crippen LogP contribution >= 0.6 is 0 Å². The van der Waals surface area contributed by atoms with Crippen molar-refractivity contribution in [2.45, 2.75) is 37.6 Å². The molecule has 1 saturated heterocycles. The van der Waals surface area contributed by atoms with Crippen molar-refractivity contribution in [3.05, 3.63) is 112 Å². The average Bonchev–Trinajstić information content (AvgIpc) is 2.95. The van der Waals surface area contributed by atoms with E-state index in [1.165, 1.54) is 75.1 Å². The van der Waals surface area contributed by atoms with E-state index in [4.69, 9.17) is 0 Å². The van der Waals surface area contributed by atoms with Gasteiger partial charge in [-0.3, -0.25) is 0 Å². The smallest absolute Gasteiger partial charge is 0.0536 e. The Hall–Kier alpha value is -3.74. The second-order valence-electron chi connectivity index (χ2n) is 10.8. The number of anilines is 2. The van der Waals surface area contributed by atoms with Gasteiger partial charge in [0.05, 0.1) is 12.0 Å². The van der Waals surface area contributed by atoms with Crippen LogP contribution in [0.1, 0.15) is 36.3 Å². The number of fused-ring (bicyclic) bond motifs is 2. The topological polar surface area (TPSA) is 6.48 Å². The van der Waals surface area contributed by atoms with Gasteiger partial charge in [-0.2, -0.15) is 0 Å². The van der Waals surface area contributed by atoms with Gasteiger partial charge in [0.1, 0.15) is 0 Å². The van der Waals surface area contributed by atoms with Crippen molar-refractivity contribution in [3.8, 4) is 0 Å². The van der Waals surface area contributed by atoms with E-state index < -0.39 is 0 Å². The van der Waals surface area contributed by atoms with Gasteiger partial charge >= 0.3 is 0 Å². The molecule has 2 nitrogen and oxygen atoms in total. The predicted octanol–water partition coefficient (Wildman–Crippen LogP) is 5.84.